The second kappa shape index (κ2) is 5.33. The summed E-state index contributed by atoms with van der Waals surface area (Å²) in [7, 11) is 1.79. The van der Waals surface area contributed by atoms with Crippen LogP contribution in [0, 0.1) is 0 Å². The molecule has 20 heavy (non-hydrogen) atoms. The third-order valence-electron chi connectivity index (χ3n) is 3.75. The Morgan fingerprint density at radius 1 is 1.35 bits per heavy atom. The summed E-state index contributed by atoms with van der Waals surface area (Å²) >= 11 is 0. The maximum atomic E-state index is 12.1. The van der Waals surface area contributed by atoms with Gasteiger partial charge in [0.25, 0.3) is 5.91 Å². The van der Waals surface area contributed by atoms with Gasteiger partial charge in [-0.25, -0.2) is 4.98 Å². The number of benzene rings is 1. The summed E-state index contributed by atoms with van der Waals surface area (Å²) in [4.78, 5) is 16.2. The predicted octanol–water partition coefficient (Wildman–Crippen LogP) is 2.19. The number of hydrogen-bond acceptors (Lipinski definition) is 3. The van der Waals surface area contributed by atoms with Gasteiger partial charge >= 0.3 is 0 Å². The van der Waals surface area contributed by atoms with Crippen LogP contribution in [0.15, 0.2) is 42.6 Å². The fourth-order valence-electron chi connectivity index (χ4n) is 2.57. The summed E-state index contributed by atoms with van der Waals surface area (Å²) in [6.45, 7) is 0.688. The van der Waals surface area contributed by atoms with E-state index in [1.54, 1.807) is 25.4 Å². The van der Waals surface area contributed by atoms with Crippen LogP contribution in [0.25, 0.3) is 0 Å². The van der Waals surface area contributed by atoms with Crippen LogP contribution >= 0.6 is 0 Å². The van der Waals surface area contributed by atoms with E-state index in [-0.39, 0.29) is 5.91 Å². The van der Waals surface area contributed by atoms with E-state index in [0.29, 0.717) is 23.8 Å². The first-order valence-corrected chi connectivity index (χ1v) is 6.77. The molecule has 1 aromatic heterocycles. The minimum atomic E-state index is -0.0479. The second-order valence-electron chi connectivity index (χ2n) is 4.99. The highest BCUT2D eigenvalue weighted by Gasteiger charge is 2.25. The molecule has 3 rings (SSSR count). The number of nitrogens with zero attached hydrogens (tertiary/aromatic N) is 1. The van der Waals surface area contributed by atoms with Gasteiger partial charge in [-0.2, -0.15) is 0 Å². The summed E-state index contributed by atoms with van der Waals surface area (Å²) in [5.41, 5.74) is 3.39. The van der Waals surface area contributed by atoms with Crippen molar-refractivity contribution in [3.63, 3.8) is 0 Å². The standard InChI is InChI=1S/C16H17N3O/c1-17-15-9-12(6-7-18-15)16(20)19-10-13-8-11-4-2-3-5-14(11)13/h2-7,9,13H,8,10H2,1H3,(H,17,18)(H,19,20). The number of hydrogen-bond donors (Lipinski definition) is 2. The summed E-state index contributed by atoms with van der Waals surface area (Å²) in [6.07, 6.45) is 2.69. The van der Waals surface area contributed by atoms with Gasteiger partial charge < -0.3 is 10.6 Å². The molecule has 1 unspecified atom stereocenters. The van der Waals surface area contributed by atoms with Crippen LogP contribution in [0.1, 0.15) is 27.4 Å². The number of amides is 1. The van der Waals surface area contributed by atoms with Crippen LogP contribution < -0.4 is 10.6 Å². The highest BCUT2D eigenvalue weighted by Crippen LogP contribution is 2.33. The molecule has 4 heteroatoms. The van der Waals surface area contributed by atoms with Gasteiger partial charge in [-0.05, 0) is 29.7 Å². The first kappa shape index (κ1) is 12.7. The first-order chi connectivity index (χ1) is 9.78. The van der Waals surface area contributed by atoms with Crippen molar-refractivity contribution in [2.45, 2.75) is 12.3 Å². The SMILES string of the molecule is CNc1cc(C(=O)NCC2Cc3ccccc32)ccn1. The Labute approximate surface area is 118 Å². The van der Waals surface area contributed by atoms with Crippen LogP contribution in [0.3, 0.4) is 0 Å². The molecule has 0 aliphatic heterocycles. The van der Waals surface area contributed by atoms with Crippen molar-refractivity contribution in [1.29, 1.82) is 0 Å². The number of pyridine rings is 1. The number of carbonyl (C=O) groups is 1. The van der Waals surface area contributed by atoms with E-state index in [0.717, 1.165) is 6.42 Å². The second-order valence-corrected chi connectivity index (χ2v) is 4.99. The van der Waals surface area contributed by atoms with Gasteiger partial charge in [0.1, 0.15) is 5.82 Å². The molecule has 0 fully saturated rings. The normalized spacial score (nSPS) is 15.9. The van der Waals surface area contributed by atoms with Crippen molar-refractivity contribution < 1.29 is 4.79 Å². The van der Waals surface area contributed by atoms with E-state index in [1.807, 2.05) is 0 Å². The molecule has 0 saturated carbocycles. The van der Waals surface area contributed by atoms with E-state index in [1.165, 1.54) is 11.1 Å². The molecule has 1 atom stereocenters. The van der Waals surface area contributed by atoms with Gasteiger partial charge in [-0.3, -0.25) is 4.79 Å². The largest absolute Gasteiger partial charge is 0.373 e. The molecule has 1 aliphatic carbocycles. The lowest BCUT2D eigenvalue weighted by Gasteiger charge is -2.30. The number of carbonyl (C=O) groups excluding carboxylic acids is 1. The number of anilines is 1. The maximum Gasteiger partial charge on any atom is 0.251 e. The van der Waals surface area contributed by atoms with E-state index in [2.05, 4.69) is 39.9 Å². The average molecular weight is 267 g/mol. The van der Waals surface area contributed by atoms with Crippen LogP contribution in [-0.2, 0) is 6.42 Å². The lowest BCUT2D eigenvalue weighted by atomic mass is 9.77. The zero-order chi connectivity index (χ0) is 13.9. The molecule has 0 saturated heterocycles. The fourth-order valence-corrected chi connectivity index (χ4v) is 2.57. The number of aromatic nitrogens is 1. The monoisotopic (exact) mass is 267 g/mol. The van der Waals surface area contributed by atoms with Crippen LogP contribution in [0.4, 0.5) is 5.82 Å². The van der Waals surface area contributed by atoms with Gasteiger partial charge in [0.2, 0.25) is 0 Å². The van der Waals surface area contributed by atoms with Crippen LogP contribution in [0.2, 0.25) is 0 Å². The quantitative estimate of drug-likeness (QED) is 0.893. The lowest BCUT2D eigenvalue weighted by Crippen LogP contribution is -2.33. The Kier molecular flexibility index (Phi) is 3.37. The molecule has 1 heterocycles. The summed E-state index contributed by atoms with van der Waals surface area (Å²) in [5, 5.41) is 5.93. The Morgan fingerprint density at radius 2 is 2.20 bits per heavy atom. The molecule has 102 valence electrons. The van der Waals surface area contributed by atoms with E-state index < -0.39 is 0 Å². The molecule has 4 nitrogen and oxygen atoms in total. The highest BCUT2D eigenvalue weighted by atomic mass is 16.1. The van der Waals surface area contributed by atoms with Crippen molar-refractivity contribution >= 4 is 11.7 Å². The molecule has 0 radical (unpaired) electrons. The van der Waals surface area contributed by atoms with Crippen molar-refractivity contribution in [3.8, 4) is 0 Å². The van der Waals surface area contributed by atoms with E-state index in [9.17, 15) is 4.79 Å². The Morgan fingerprint density at radius 3 is 3.00 bits per heavy atom. The molecule has 0 bridgehead atoms. The number of rotatable bonds is 4. The van der Waals surface area contributed by atoms with Gasteiger partial charge in [-0.1, -0.05) is 24.3 Å². The smallest absolute Gasteiger partial charge is 0.251 e. The van der Waals surface area contributed by atoms with Crippen molar-refractivity contribution in [2.24, 2.45) is 0 Å². The average Bonchev–Trinajstić information content (AvgIpc) is 2.48. The maximum absolute atomic E-state index is 12.1. The van der Waals surface area contributed by atoms with Crippen molar-refractivity contribution in [3.05, 3.63) is 59.3 Å². The van der Waals surface area contributed by atoms with Crippen molar-refractivity contribution in [2.75, 3.05) is 18.9 Å². The Hall–Kier alpha value is -2.36. The van der Waals surface area contributed by atoms with Crippen LogP contribution in [0.5, 0.6) is 0 Å². The molecular weight excluding hydrogens is 250 g/mol. The molecule has 1 aromatic carbocycles. The number of fused-ring (bicyclic) bond motifs is 1. The zero-order valence-electron chi connectivity index (χ0n) is 11.4. The van der Waals surface area contributed by atoms with Crippen molar-refractivity contribution in [1.82, 2.24) is 10.3 Å². The summed E-state index contributed by atoms with van der Waals surface area (Å²) in [6, 6.07) is 11.9. The van der Waals surface area contributed by atoms with E-state index in [4.69, 9.17) is 0 Å². The van der Waals surface area contributed by atoms with Crippen LogP contribution in [-0.4, -0.2) is 24.5 Å². The lowest BCUT2D eigenvalue weighted by molar-refractivity contribution is 0.0950. The summed E-state index contributed by atoms with van der Waals surface area (Å²) in [5.74, 6) is 1.10. The predicted molar refractivity (Wildman–Crippen MR) is 79.0 cm³/mol. The number of nitrogens with one attached hydrogen (secondary N) is 2. The molecule has 2 N–H and O–H groups in total. The molecule has 1 amide bonds. The third-order valence-corrected chi connectivity index (χ3v) is 3.75. The molecule has 1 aliphatic rings. The molecule has 2 aromatic rings. The minimum Gasteiger partial charge on any atom is -0.373 e. The molecule has 0 spiro atoms. The highest BCUT2D eigenvalue weighted by molar-refractivity contribution is 5.94. The Bertz CT molecular complexity index is 639. The van der Waals surface area contributed by atoms with Gasteiger partial charge in [0.05, 0.1) is 0 Å². The zero-order valence-corrected chi connectivity index (χ0v) is 11.4. The Balaban J connectivity index is 1.61. The van der Waals surface area contributed by atoms with Gasteiger partial charge in [-0.15, -0.1) is 0 Å². The van der Waals surface area contributed by atoms with Gasteiger partial charge in [0, 0.05) is 31.3 Å². The fraction of sp³-hybridized carbons (Fsp3) is 0.250. The van der Waals surface area contributed by atoms with Gasteiger partial charge in [0.15, 0.2) is 0 Å². The third kappa shape index (κ3) is 2.37. The van der Waals surface area contributed by atoms with E-state index >= 15 is 0 Å². The topological polar surface area (TPSA) is 54.0 Å². The first-order valence-electron chi connectivity index (χ1n) is 6.77. The summed E-state index contributed by atoms with van der Waals surface area (Å²) < 4.78 is 0. The minimum absolute atomic E-state index is 0.0479. The molecular formula is C16H17N3O.